The highest BCUT2D eigenvalue weighted by molar-refractivity contribution is 5.09. The lowest BCUT2D eigenvalue weighted by atomic mass is 9.79. The van der Waals surface area contributed by atoms with Gasteiger partial charge < -0.3 is 10.4 Å². The largest absolute Gasteiger partial charge is 0.419 e. The first kappa shape index (κ1) is 16.3. The minimum Gasteiger partial charge on any atom is -0.394 e. The summed E-state index contributed by atoms with van der Waals surface area (Å²) in [5.41, 5.74) is -1.12. The molecule has 1 aromatic rings. The fourth-order valence-corrected chi connectivity index (χ4v) is 2.99. The van der Waals surface area contributed by atoms with Crippen molar-refractivity contribution in [3.63, 3.8) is 0 Å². The number of hydrogen-bond acceptors (Lipinski definition) is 3. The molecule has 1 aliphatic rings. The summed E-state index contributed by atoms with van der Waals surface area (Å²) in [6, 6.07) is -0.105. The summed E-state index contributed by atoms with van der Waals surface area (Å²) in [7, 11) is 0. The number of rotatable bonds is 5. The molecule has 120 valence electrons. The molecule has 21 heavy (non-hydrogen) atoms. The zero-order valence-electron chi connectivity index (χ0n) is 12.2. The second kappa shape index (κ2) is 6.36. The lowest BCUT2D eigenvalue weighted by molar-refractivity contribution is -0.137. The van der Waals surface area contributed by atoms with E-state index in [2.05, 4.69) is 10.4 Å². The van der Waals surface area contributed by atoms with Crippen molar-refractivity contribution in [1.82, 2.24) is 15.1 Å². The third-order valence-electron chi connectivity index (χ3n) is 4.17. The van der Waals surface area contributed by atoms with Crippen molar-refractivity contribution in [2.24, 2.45) is 0 Å². The quantitative estimate of drug-likeness (QED) is 0.879. The van der Waals surface area contributed by atoms with Crippen LogP contribution in [0.1, 0.15) is 50.6 Å². The lowest BCUT2D eigenvalue weighted by Crippen LogP contribution is -2.52. The Bertz CT molecular complexity index is 461. The van der Waals surface area contributed by atoms with Gasteiger partial charge in [0.25, 0.3) is 0 Å². The van der Waals surface area contributed by atoms with Crippen LogP contribution in [-0.2, 0) is 6.18 Å². The summed E-state index contributed by atoms with van der Waals surface area (Å²) in [4.78, 5) is 0. The Morgan fingerprint density at radius 1 is 1.52 bits per heavy atom. The van der Waals surface area contributed by atoms with Crippen molar-refractivity contribution < 1.29 is 18.3 Å². The summed E-state index contributed by atoms with van der Waals surface area (Å²) in [5, 5.41) is 16.9. The van der Waals surface area contributed by atoms with Gasteiger partial charge in [-0.2, -0.15) is 18.3 Å². The molecule has 1 fully saturated rings. The Morgan fingerprint density at radius 3 is 2.86 bits per heavy atom. The van der Waals surface area contributed by atoms with E-state index in [1.807, 2.05) is 6.92 Å². The molecule has 0 aliphatic heterocycles. The van der Waals surface area contributed by atoms with Crippen LogP contribution in [0, 0.1) is 0 Å². The first-order valence-corrected chi connectivity index (χ1v) is 7.37. The SMILES string of the molecule is CCCNC1(CO)CCCC(n2cc(C(F)(F)F)cn2)C1. The van der Waals surface area contributed by atoms with Gasteiger partial charge in [0.2, 0.25) is 0 Å². The van der Waals surface area contributed by atoms with Crippen molar-refractivity contribution >= 4 is 0 Å². The highest BCUT2D eigenvalue weighted by Gasteiger charge is 2.38. The third-order valence-corrected chi connectivity index (χ3v) is 4.17. The van der Waals surface area contributed by atoms with Crippen molar-refractivity contribution in [2.75, 3.05) is 13.2 Å². The van der Waals surface area contributed by atoms with Crippen LogP contribution in [0.5, 0.6) is 0 Å². The molecule has 0 spiro atoms. The van der Waals surface area contributed by atoms with E-state index < -0.39 is 17.3 Å². The number of aliphatic hydroxyl groups is 1. The molecule has 2 atom stereocenters. The summed E-state index contributed by atoms with van der Waals surface area (Å²) < 4.78 is 39.3. The number of alkyl halides is 3. The van der Waals surface area contributed by atoms with E-state index >= 15 is 0 Å². The second-order valence-electron chi connectivity index (χ2n) is 5.82. The maximum atomic E-state index is 12.6. The summed E-state index contributed by atoms with van der Waals surface area (Å²) in [6.45, 7) is 2.83. The molecule has 1 aliphatic carbocycles. The molecule has 7 heteroatoms. The maximum Gasteiger partial charge on any atom is 0.419 e. The Kier molecular flexibility index (Phi) is 4.93. The molecule has 1 heterocycles. The fourth-order valence-electron chi connectivity index (χ4n) is 2.99. The molecule has 2 rings (SSSR count). The third kappa shape index (κ3) is 3.77. The number of hydrogen-bond donors (Lipinski definition) is 2. The summed E-state index contributed by atoms with van der Waals surface area (Å²) in [5.74, 6) is 0. The highest BCUT2D eigenvalue weighted by atomic mass is 19.4. The maximum absolute atomic E-state index is 12.6. The Hall–Kier alpha value is -1.08. The van der Waals surface area contributed by atoms with Gasteiger partial charge in [-0.15, -0.1) is 0 Å². The molecule has 0 aromatic carbocycles. The smallest absolute Gasteiger partial charge is 0.394 e. The van der Waals surface area contributed by atoms with Crippen LogP contribution in [0.25, 0.3) is 0 Å². The Labute approximate surface area is 122 Å². The summed E-state index contributed by atoms with van der Waals surface area (Å²) in [6.07, 6.45) is 1.62. The molecule has 0 bridgehead atoms. The first-order valence-electron chi connectivity index (χ1n) is 7.37. The minimum atomic E-state index is -4.36. The molecule has 0 saturated heterocycles. The molecule has 0 radical (unpaired) electrons. The fraction of sp³-hybridized carbons (Fsp3) is 0.786. The normalized spacial score (nSPS) is 27.0. The van der Waals surface area contributed by atoms with E-state index in [-0.39, 0.29) is 12.6 Å². The average Bonchev–Trinajstić information content (AvgIpc) is 2.95. The van der Waals surface area contributed by atoms with Gasteiger partial charge in [0.15, 0.2) is 0 Å². The van der Waals surface area contributed by atoms with Gasteiger partial charge in [0.1, 0.15) is 0 Å². The van der Waals surface area contributed by atoms with Crippen molar-refractivity contribution in [3.05, 3.63) is 18.0 Å². The van der Waals surface area contributed by atoms with Crippen LogP contribution in [0.3, 0.4) is 0 Å². The minimum absolute atomic E-state index is 0.00308. The van der Waals surface area contributed by atoms with Gasteiger partial charge in [0, 0.05) is 11.7 Å². The zero-order valence-corrected chi connectivity index (χ0v) is 12.2. The molecule has 1 aromatic heterocycles. The molecule has 2 N–H and O–H groups in total. The Morgan fingerprint density at radius 2 is 2.29 bits per heavy atom. The highest BCUT2D eigenvalue weighted by Crippen LogP contribution is 2.36. The van der Waals surface area contributed by atoms with Crippen LogP contribution in [0.4, 0.5) is 13.2 Å². The van der Waals surface area contributed by atoms with Crippen molar-refractivity contribution in [2.45, 2.75) is 56.8 Å². The van der Waals surface area contributed by atoms with Crippen molar-refractivity contribution in [3.8, 4) is 0 Å². The van der Waals surface area contributed by atoms with E-state index in [9.17, 15) is 18.3 Å². The predicted octanol–water partition coefficient (Wildman–Crippen LogP) is 2.75. The molecular weight excluding hydrogens is 283 g/mol. The average molecular weight is 305 g/mol. The second-order valence-corrected chi connectivity index (χ2v) is 5.82. The van der Waals surface area contributed by atoms with Crippen LogP contribution in [0.2, 0.25) is 0 Å². The predicted molar refractivity (Wildman–Crippen MR) is 72.8 cm³/mol. The molecule has 1 saturated carbocycles. The number of halogens is 3. The topological polar surface area (TPSA) is 50.1 Å². The molecule has 4 nitrogen and oxygen atoms in total. The Balaban J connectivity index is 2.11. The zero-order chi connectivity index (χ0) is 15.5. The van der Waals surface area contributed by atoms with E-state index in [0.717, 1.165) is 44.6 Å². The van der Waals surface area contributed by atoms with Gasteiger partial charge in [-0.3, -0.25) is 4.68 Å². The molecular formula is C14H22F3N3O. The number of nitrogens with one attached hydrogen (secondary N) is 1. The molecule has 0 amide bonds. The molecule has 2 unspecified atom stereocenters. The summed E-state index contributed by atoms with van der Waals surface area (Å²) >= 11 is 0. The van der Waals surface area contributed by atoms with E-state index in [1.165, 1.54) is 4.68 Å². The van der Waals surface area contributed by atoms with Gasteiger partial charge in [-0.1, -0.05) is 6.92 Å². The van der Waals surface area contributed by atoms with Gasteiger partial charge in [-0.25, -0.2) is 0 Å². The van der Waals surface area contributed by atoms with Crippen LogP contribution < -0.4 is 5.32 Å². The van der Waals surface area contributed by atoms with Gasteiger partial charge in [0.05, 0.1) is 24.4 Å². The van der Waals surface area contributed by atoms with Gasteiger partial charge in [-0.05, 0) is 38.6 Å². The number of nitrogens with zero attached hydrogens (tertiary/aromatic N) is 2. The monoisotopic (exact) mass is 305 g/mol. The van der Waals surface area contributed by atoms with Crippen LogP contribution in [0.15, 0.2) is 12.4 Å². The number of aliphatic hydroxyl groups excluding tert-OH is 1. The van der Waals surface area contributed by atoms with Crippen LogP contribution >= 0.6 is 0 Å². The first-order chi connectivity index (χ1) is 9.90. The van der Waals surface area contributed by atoms with E-state index in [0.29, 0.717) is 6.42 Å². The van der Waals surface area contributed by atoms with E-state index in [4.69, 9.17) is 0 Å². The van der Waals surface area contributed by atoms with Crippen LogP contribution in [-0.4, -0.2) is 33.6 Å². The van der Waals surface area contributed by atoms with Crippen molar-refractivity contribution in [1.29, 1.82) is 0 Å². The number of aromatic nitrogens is 2. The lowest BCUT2D eigenvalue weighted by Gasteiger charge is -2.40. The van der Waals surface area contributed by atoms with E-state index in [1.54, 1.807) is 0 Å². The van der Waals surface area contributed by atoms with Gasteiger partial charge >= 0.3 is 6.18 Å². The standard InChI is InChI=1S/C14H22F3N3O/c1-2-6-18-13(10-21)5-3-4-12(7-13)20-9-11(8-19-20)14(15,16)17/h8-9,12,18,21H,2-7,10H2,1H3.